The van der Waals surface area contributed by atoms with Crippen LogP contribution in [0, 0.1) is 0 Å². The van der Waals surface area contributed by atoms with Crippen molar-refractivity contribution in [2.45, 2.75) is 0 Å². The van der Waals surface area contributed by atoms with E-state index >= 15 is 0 Å². The molecule has 0 bridgehead atoms. The molecule has 0 aliphatic rings. The molecule has 72 valence electrons. The molecule has 0 rings (SSSR count). The van der Waals surface area contributed by atoms with Gasteiger partial charge in [-0.25, -0.2) is 0 Å². The Morgan fingerprint density at radius 1 is 0.571 bits per heavy atom. The third-order valence-electron chi connectivity index (χ3n) is 0. The molecule has 0 radical (unpaired) electrons. The van der Waals surface area contributed by atoms with E-state index in [1.54, 1.807) is 0 Å². The summed E-state index contributed by atoms with van der Waals surface area (Å²) in [6.45, 7) is 0. The first-order valence-electron chi connectivity index (χ1n) is 1.84. The first-order valence-corrected chi connectivity index (χ1v) is 1.84. The van der Waals surface area contributed by atoms with Crippen molar-refractivity contribution >= 4 is 63.9 Å². The molecule has 11 heteroatoms. The smallest absolute Gasteiger partial charge is 0.652 e. The average molecular weight is 316 g/mol. The minimum atomic E-state index is -2.33. The van der Waals surface area contributed by atoms with Crippen LogP contribution in [0.25, 0.3) is 0 Å². The minimum Gasteiger partial charge on any atom is -0.652 e. The molecule has 0 N–H and O–H groups in total. The number of hydrogen-bond acceptors (Lipinski definition) is 9. The van der Waals surface area contributed by atoms with E-state index in [1.807, 2.05) is 0 Å². The number of hydrogen-bond donors (Lipinski definition) is 0. The van der Waals surface area contributed by atoms with Crippen LogP contribution in [0.15, 0.2) is 0 Å². The summed E-state index contributed by atoms with van der Waals surface area (Å²) >= 11 is 0. The number of rotatable bonds is 0. The van der Waals surface area contributed by atoms with Crippen LogP contribution in [0.5, 0.6) is 0 Å². The topological polar surface area (TPSA) is 190 Å². The van der Waals surface area contributed by atoms with Gasteiger partial charge in [-0.05, 0) is 18.5 Å². The Morgan fingerprint density at radius 2 is 0.571 bits per heavy atom. The van der Waals surface area contributed by atoms with Crippen molar-refractivity contribution in [3.05, 3.63) is 0 Å². The third-order valence-corrected chi connectivity index (χ3v) is 0. The van der Waals surface area contributed by atoms with E-state index < -0.39 is 18.5 Å². The summed E-state index contributed by atoms with van der Waals surface area (Å²) in [6.07, 6.45) is -7.00. The summed E-state index contributed by atoms with van der Waals surface area (Å²) in [5, 5.41) is 50.0. The predicted molar refractivity (Wildman–Crippen MR) is 21.9 cm³/mol. The van der Waals surface area contributed by atoms with Crippen molar-refractivity contribution in [1.82, 2.24) is 0 Å². The van der Waals surface area contributed by atoms with Gasteiger partial charge < -0.3 is 45.0 Å². The molecule has 0 aliphatic heterocycles. The van der Waals surface area contributed by atoms with E-state index in [0.717, 1.165) is 0 Å². The second-order valence-electron chi connectivity index (χ2n) is 0.750. The van der Waals surface area contributed by atoms with Crippen LogP contribution >= 0.6 is 0 Å². The van der Waals surface area contributed by atoms with E-state index in [4.69, 9.17) is 45.0 Å². The second-order valence-corrected chi connectivity index (χ2v) is 0.750. The molecule has 0 aromatic heterocycles. The van der Waals surface area contributed by atoms with Crippen molar-refractivity contribution in [1.29, 1.82) is 0 Å². The summed E-state index contributed by atoms with van der Waals surface area (Å²) < 4.78 is 0. The monoisotopic (exact) mass is 316 g/mol. The minimum absolute atomic E-state index is 0. The number of carboxylic acid groups (broad SMARTS) is 6. The van der Waals surface area contributed by atoms with E-state index in [1.165, 1.54) is 0 Å². The maximum atomic E-state index is 8.33. The Labute approximate surface area is 129 Å². The molecule has 9 nitrogen and oxygen atoms in total. The summed E-state index contributed by atoms with van der Waals surface area (Å²) in [7, 11) is 0. The average Bonchev–Trinajstić information content (AvgIpc) is 1.54. The summed E-state index contributed by atoms with van der Waals surface area (Å²) in [5.41, 5.74) is 0. The molecule has 0 amide bonds. The standard InChI is InChI=1S/3CH2O3.Sr.Ti/c3*2-1(3)4;;/h3*(H2,2,3,4);;/q;;;+2;+4/p-6. The quantitative estimate of drug-likeness (QED) is 0.390. The second kappa shape index (κ2) is 23.1. The molecule has 0 aromatic rings. The normalized spacial score (nSPS) is 5.14. The largest absolute Gasteiger partial charge is 4.00 e. The van der Waals surface area contributed by atoms with Gasteiger partial charge in [-0.2, -0.15) is 0 Å². The first kappa shape index (κ1) is 29.2. The van der Waals surface area contributed by atoms with Crippen molar-refractivity contribution in [3.63, 3.8) is 0 Å². The Balaban J connectivity index is -0.0000000270. The summed E-state index contributed by atoms with van der Waals surface area (Å²) in [6, 6.07) is 0. The van der Waals surface area contributed by atoms with Gasteiger partial charge in [-0.15, -0.1) is 0 Å². The zero-order chi connectivity index (χ0) is 10.7. The Kier molecular flexibility index (Phi) is 48.2. The van der Waals surface area contributed by atoms with Gasteiger partial charge in [0.05, 0.1) is 0 Å². The summed E-state index contributed by atoms with van der Waals surface area (Å²) in [4.78, 5) is 25.0. The maximum Gasteiger partial charge on any atom is 4.00 e. The van der Waals surface area contributed by atoms with E-state index in [9.17, 15) is 0 Å². The van der Waals surface area contributed by atoms with Gasteiger partial charge in [0.15, 0.2) is 0 Å². The van der Waals surface area contributed by atoms with Crippen LogP contribution in [0.4, 0.5) is 14.4 Å². The van der Waals surface area contributed by atoms with Crippen LogP contribution in [0.2, 0.25) is 0 Å². The van der Waals surface area contributed by atoms with E-state index in [-0.39, 0.29) is 67.2 Å². The van der Waals surface area contributed by atoms with E-state index in [2.05, 4.69) is 0 Å². The van der Waals surface area contributed by atoms with Crippen molar-refractivity contribution < 1.29 is 66.7 Å². The van der Waals surface area contributed by atoms with Gasteiger partial charge in [0.2, 0.25) is 0 Å². The maximum absolute atomic E-state index is 8.33. The molecular formula is C3O9SrTi. The van der Waals surface area contributed by atoms with E-state index in [0.29, 0.717) is 0 Å². The van der Waals surface area contributed by atoms with Crippen LogP contribution in [0.1, 0.15) is 0 Å². The van der Waals surface area contributed by atoms with Crippen LogP contribution in [-0.2, 0) is 21.7 Å². The molecule has 0 fully saturated rings. The molecular weight excluding hydrogens is 316 g/mol. The SMILES string of the molecule is O=C([O-])[O-].O=C([O-])[O-].O=C([O-])[O-].[Sr+2].[Ti+4]. The van der Waals surface area contributed by atoms with Crippen LogP contribution in [0.3, 0.4) is 0 Å². The Bertz CT molecular complexity index is 118. The Morgan fingerprint density at radius 3 is 0.571 bits per heavy atom. The molecule has 0 saturated heterocycles. The molecule has 14 heavy (non-hydrogen) atoms. The zero-order valence-electron chi connectivity index (χ0n) is 6.38. The number of carbonyl (C=O) groups excluding carboxylic acids is 3. The van der Waals surface area contributed by atoms with Gasteiger partial charge >= 0.3 is 67.2 Å². The molecule has 0 aliphatic carbocycles. The molecule has 0 saturated carbocycles. The van der Waals surface area contributed by atoms with Crippen molar-refractivity contribution in [2.75, 3.05) is 0 Å². The number of carbonyl (C=O) groups is 3. The predicted octanol–water partition coefficient (Wildman–Crippen LogP) is -7.72. The zero-order valence-corrected chi connectivity index (χ0v) is 11.4. The van der Waals surface area contributed by atoms with Crippen molar-refractivity contribution in [2.24, 2.45) is 0 Å². The van der Waals surface area contributed by atoms with Gasteiger partial charge in [-0.1, -0.05) is 0 Å². The third kappa shape index (κ3) is 63000000. The fraction of sp³-hybridized carbons (Fsp3) is 0. The molecule has 0 heterocycles. The molecule has 0 atom stereocenters. The summed E-state index contributed by atoms with van der Waals surface area (Å²) in [5.74, 6) is 0. The first-order chi connectivity index (χ1) is 5.20. The van der Waals surface area contributed by atoms with Crippen molar-refractivity contribution in [3.8, 4) is 0 Å². The fourth-order valence-corrected chi connectivity index (χ4v) is 0. The molecule has 0 aromatic carbocycles. The van der Waals surface area contributed by atoms with Gasteiger partial charge in [0, 0.05) is 0 Å². The van der Waals surface area contributed by atoms with Crippen LogP contribution < -0.4 is 30.6 Å². The molecule has 0 spiro atoms. The van der Waals surface area contributed by atoms with Gasteiger partial charge in [-0.3, -0.25) is 0 Å². The Hall–Kier alpha value is 0.00481. The van der Waals surface area contributed by atoms with Crippen LogP contribution in [-0.4, -0.2) is 63.9 Å². The fourth-order valence-electron chi connectivity index (χ4n) is 0. The van der Waals surface area contributed by atoms with Gasteiger partial charge in [0.1, 0.15) is 0 Å². The molecule has 0 unspecified atom stereocenters. The van der Waals surface area contributed by atoms with Gasteiger partial charge in [0.25, 0.3) is 0 Å².